The largest absolute Gasteiger partial charge is 0.354 e. The van der Waals surface area contributed by atoms with Gasteiger partial charge in [0.1, 0.15) is 0 Å². The minimum absolute atomic E-state index is 0.0892. The van der Waals surface area contributed by atoms with Gasteiger partial charge in [-0.05, 0) is 63.3 Å². The summed E-state index contributed by atoms with van der Waals surface area (Å²) in [4.78, 5) is 26.0. The van der Waals surface area contributed by atoms with Gasteiger partial charge in [-0.15, -0.1) is 0 Å². The topological polar surface area (TPSA) is 61.4 Å². The lowest BCUT2D eigenvalue weighted by molar-refractivity contribution is -0.121. The molecule has 132 valence electrons. The van der Waals surface area contributed by atoms with Crippen molar-refractivity contribution < 1.29 is 9.59 Å². The Bertz CT molecular complexity index is 560. The Labute approximate surface area is 148 Å². The van der Waals surface area contributed by atoms with Gasteiger partial charge < -0.3 is 15.5 Å². The van der Waals surface area contributed by atoms with Gasteiger partial charge in [0, 0.05) is 36.3 Å². The molecule has 1 aromatic rings. The first-order valence-corrected chi connectivity index (χ1v) is 8.92. The third-order valence-corrected chi connectivity index (χ3v) is 4.38. The van der Waals surface area contributed by atoms with Crippen molar-refractivity contribution in [3.63, 3.8) is 0 Å². The summed E-state index contributed by atoms with van der Waals surface area (Å²) in [5.74, 6) is 0.473. The highest BCUT2D eigenvalue weighted by Gasteiger charge is 2.24. The summed E-state index contributed by atoms with van der Waals surface area (Å²) >= 11 is 5.85. The number of carbonyl (C=O) groups excluding carboxylic acids is 2. The standard InChI is InChI=1S/C18H26ClN3O2/c1-13(2)20-17(23)10-5-14-4-3-11-22(12-14)18(24)21-16-8-6-15(19)7-9-16/h6-9,13-14H,3-5,10-12H2,1-2H3,(H,20,23)(H,21,24). The van der Waals surface area contributed by atoms with Crippen molar-refractivity contribution in [2.24, 2.45) is 5.92 Å². The summed E-state index contributed by atoms with van der Waals surface area (Å²) in [7, 11) is 0. The molecule has 1 aliphatic rings. The molecule has 1 fully saturated rings. The van der Waals surface area contributed by atoms with Crippen molar-refractivity contribution in [1.82, 2.24) is 10.2 Å². The van der Waals surface area contributed by atoms with E-state index in [-0.39, 0.29) is 18.0 Å². The number of carbonyl (C=O) groups is 2. The highest BCUT2D eigenvalue weighted by molar-refractivity contribution is 6.30. The minimum atomic E-state index is -0.0892. The predicted octanol–water partition coefficient (Wildman–Crippen LogP) is 3.89. The highest BCUT2D eigenvalue weighted by atomic mass is 35.5. The molecule has 2 rings (SSSR count). The maximum absolute atomic E-state index is 12.4. The summed E-state index contributed by atoms with van der Waals surface area (Å²) in [6.07, 6.45) is 3.39. The number of nitrogens with zero attached hydrogens (tertiary/aromatic N) is 1. The van der Waals surface area contributed by atoms with E-state index in [2.05, 4.69) is 10.6 Å². The normalized spacial score (nSPS) is 17.7. The zero-order valence-corrected chi connectivity index (χ0v) is 15.1. The third kappa shape index (κ3) is 6.04. The second kappa shape index (κ2) is 8.92. The van der Waals surface area contributed by atoms with Gasteiger partial charge in [0.05, 0.1) is 0 Å². The Hall–Kier alpha value is -1.75. The Morgan fingerprint density at radius 2 is 2.00 bits per heavy atom. The fourth-order valence-corrected chi connectivity index (χ4v) is 3.08. The van der Waals surface area contributed by atoms with Crippen LogP contribution in [0.1, 0.15) is 39.5 Å². The fourth-order valence-electron chi connectivity index (χ4n) is 2.95. The number of benzene rings is 1. The summed E-state index contributed by atoms with van der Waals surface area (Å²) in [5, 5.41) is 6.45. The van der Waals surface area contributed by atoms with Crippen LogP contribution in [-0.4, -0.2) is 36.0 Å². The number of piperidine rings is 1. The minimum Gasteiger partial charge on any atom is -0.354 e. The van der Waals surface area contributed by atoms with E-state index in [0.717, 1.165) is 31.5 Å². The molecule has 1 aromatic carbocycles. The van der Waals surface area contributed by atoms with Gasteiger partial charge in [-0.1, -0.05) is 11.6 Å². The van der Waals surface area contributed by atoms with Gasteiger partial charge in [0.25, 0.3) is 0 Å². The quantitative estimate of drug-likeness (QED) is 0.845. The van der Waals surface area contributed by atoms with Crippen LogP contribution in [0.25, 0.3) is 0 Å². The monoisotopic (exact) mass is 351 g/mol. The van der Waals surface area contributed by atoms with E-state index in [9.17, 15) is 9.59 Å². The maximum atomic E-state index is 12.4. The van der Waals surface area contributed by atoms with Crippen LogP contribution in [0.2, 0.25) is 5.02 Å². The maximum Gasteiger partial charge on any atom is 0.321 e. The summed E-state index contributed by atoms with van der Waals surface area (Å²) in [6.45, 7) is 5.38. The molecule has 0 saturated carbocycles. The molecule has 0 radical (unpaired) electrons. The molecular formula is C18H26ClN3O2. The average molecular weight is 352 g/mol. The van der Waals surface area contributed by atoms with Crippen LogP contribution in [0.3, 0.4) is 0 Å². The summed E-state index contributed by atoms with van der Waals surface area (Å²) in [5.41, 5.74) is 0.739. The van der Waals surface area contributed by atoms with E-state index in [1.165, 1.54) is 0 Å². The molecule has 0 aliphatic carbocycles. The van der Waals surface area contributed by atoms with Crippen LogP contribution in [-0.2, 0) is 4.79 Å². The van der Waals surface area contributed by atoms with Crippen LogP contribution < -0.4 is 10.6 Å². The number of likely N-dealkylation sites (tertiary alicyclic amines) is 1. The van der Waals surface area contributed by atoms with E-state index < -0.39 is 0 Å². The van der Waals surface area contributed by atoms with E-state index >= 15 is 0 Å². The summed E-state index contributed by atoms with van der Waals surface area (Å²) < 4.78 is 0. The molecule has 24 heavy (non-hydrogen) atoms. The van der Waals surface area contributed by atoms with Crippen LogP contribution in [0.4, 0.5) is 10.5 Å². The highest BCUT2D eigenvalue weighted by Crippen LogP contribution is 2.22. The first kappa shape index (κ1) is 18.6. The molecule has 0 aromatic heterocycles. The molecule has 5 nitrogen and oxygen atoms in total. The molecule has 0 spiro atoms. The number of rotatable bonds is 5. The zero-order valence-electron chi connectivity index (χ0n) is 14.3. The number of halogens is 1. The number of anilines is 1. The van der Waals surface area contributed by atoms with Gasteiger partial charge in [-0.3, -0.25) is 4.79 Å². The number of urea groups is 1. The lowest BCUT2D eigenvalue weighted by Gasteiger charge is -2.32. The van der Waals surface area contributed by atoms with Gasteiger partial charge in [0.2, 0.25) is 5.91 Å². The molecule has 1 heterocycles. The van der Waals surface area contributed by atoms with E-state index in [4.69, 9.17) is 11.6 Å². The molecular weight excluding hydrogens is 326 g/mol. The van der Waals surface area contributed by atoms with Crippen molar-refractivity contribution in [1.29, 1.82) is 0 Å². The van der Waals surface area contributed by atoms with Crippen LogP contribution >= 0.6 is 11.6 Å². The van der Waals surface area contributed by atoms with Crippen molar-refractivity contribution in [2.45, 2.75) is 45.6 Å². The van der Waals surface area contributed by atoms with E-state index in [0.29, 0.717) is 23.9 Å². The van der Waals surface area contributed by atoms with Gasteiger partial charge in [-0.2, -0.15) is 0 Å². The lowest BCUT2D eigenvalue weighted by Crippen LogP contribution is -2.42. The fraction of sp³-hybridized carbons (Fsp3) is 0.556. The van der Waals surface area contributed by atoms with Crippen molar-refractivity contribution in [3.8, 4) is 0 Å². The van der Waals surface area contributed by atoms with Crippen molar-refractivity contribution in [3.05, 3.63) is 29.3 Å². The first-order chi connectivity index (χ1) is 11.4. The molecule has 1 saturated heterocycles. The van der Waals surface area contributed by atoms with Gasteiger partial charge in [0.15, 0.2) is 0 Å². The molecule has 2 N–H and O–H groups in total. The van der Waals surface area contributed by atoms with E-state index in [1.807, 2.05) is 18.7 Å². The lowest BCUT2D eigenvalue weighted by atomic mass is 9.93. The first-order valence-electron chi connectivity index (χ1n) is 8.55. The summed E-state index contributed by atoms with van der Waals surface area (Å²) in [6, 6.07) is 7.17. The number of amides is 3. The Morgan fingerprint density at radius 1 is 1.29 bits per heavy atom. The molecule has 1 aliphatic heterocycles. The third-order valence-electron chi connectivity index (χ3n) is 4.13. The molecule has 3 amide bonds. The second-order valence-electron chi connectivity index (χ2n) is 6.65. The Kier molecular flexibility index (Phi) is 6.91. The Morgan fingerprint density at radius 3 is 2.67 bits per heavy atom. The van der Waals surface area contributed by atoms with Crippen LogP contribution in [0.5, 0.6) is 0 Å². The Balaban J connectivity index is 1.80. The van der Waals surface area contributed by atoms with Crippen LogP contribution in [0, 0.1) is 5.92 Å². The number of hydrogen-bond donors (Lipinski definition) is 2. The number of nitrogens with one attached hydrogen (secondary N) is 2. The van der Waals surface area contributed by atoms with E-state index in [1.54, 1.807) is 24.3 Å². The van der Waals surface area contributed by atoms with Crippen molar-refractivity contribution >= 4 is 29.2 Å². The predicted molar refractivity (Wildman–Crippen MR) is 97.3 cm³/mol. The van der Waals surface area contributed by atoms with Gasteiger partial charge in [-0.25, -0.2) is 4.79 Å². The molecule has 6 heteroatoms. The molecule has 0 bridgehead atoms. The molecule has 1 unspecified atom stereocenters. The van der Waals surface area contributed by atoms with Crippen LogP contribution in [0.15, 0.2) is 24.3 Å². The SMILES string of the molecule is CC(C)NC(=O)CCC1CCCN(C(=O)Nc2ccc(Cl)cc2)C1. The second-order valence-corrected chi connectivity index (χ2v) is 7.09. The van der Waals surface area contributed by atoms with Gasteiger partial charge >= 0.3 is 6.03 Å². The zero-order chi connectivity index (χ0) is 17.5. The smallest absolute Gasteiger partial charge is 0.321 e. The average Bonchev–Trinajstić information content (AvgIpc) is 2.55. The molecule has 1 atom stereocenters. The van der Waals surface area contributed by atoms with Crippen molar-refractivity contribution in [2.75, 3.05) is 18.4 Å². The number of hydrogen-bond acceptors (Lipinski definition) is 2.